The van der Waals surface area contributed by atoms with Gasteiger partial charge in [0.05, 0.1) is 24.9 Å². The summed E-state index contributed by atoms with van der Waals surface area (Å²) in [6.07, 6.45) is -1.11. The van der Waals surface area contributed by atoms with Crippen LogP contribution in [-0.4, -0.2) is 36.6 Å². The SMILES string of the molecule is COc1ccc(C(=O)O/N=C(/C(N)=O)P(=O)(OC(C)C)OC(C)C)cc1. The molecule has 0 aliphatic carbocycles. The summed E-state index contributed by atoms with van der Waals surface area (Å²) in [5, 5.41) is 3.37. The van der Waals surface area contributed by atoms with Crippen molar-refractivity contribution in [3.63, 3.8) is 0 Å². The van der Waals surface area contributed by atoms with Crippen LogP contribution in [0, 0.1) is 0 Å². The molecule has 1 aromatic carbocycles. The minimum absolute atomic E-state index is 0.141. The molecule has 0 fully saturated rings. The van der Waals surface area contributed by atoms with Gasteiger partial charge in [-0.1, -0.05) is 5.16 Å². The molecular weight excluding hydrogens is 363 g/mol. The molecule has 0 saturated heterocycles. The van der Waals surface area contributed by atoms with Gasteiger partial charge in [-0.3, -0.25) is 9.36 Å². The van der Waals surface area contributed by atoms with Gasteiger partial charge in [-0.25, -0.2) is 4.79 Å². The molecule has 0 bridgehead atoms. The van der Waals surface area contributed by atoms with Crippen LogP contribution in [0.4, 0.5) is 0 Å². The highest BCUT2D eigenvalue weighted by Crippen LogP contribution is 2.52. The molecule has 1 amide bonds. The number of carbonyl (C=O) groups is 2. The molecule has 144 valence electrons. The van der Waals surface area contributed by atoms with E-state index in [1.165, 1.54) is 19.2 Å². The summed E-state index contributed by atoms with van der Waals surface area (Å²) in [6, 6.07) is 5.97. The number of amides is 1. The van der Waals surface area contributed by atoms with Gasteiger partial charge >= 0.3 is 13.6 Å². The van der Waals surface area contributed by atoms with Gasteiger partial charge in [0, 0.05) is 0 Å². The van der Waals surface area contributed by atoms with E-state index in [1.807, 2.05) is 0 Å². The van der Waals surface area contributed by atoms with Crippen molar-refractivity contribution < 1.29 is 32.8 Å². The Balaban J connectivity index is 3.10. The van der Waals surface area contributed by atoms with E-state index in [-0.39, 0.29) is 5.56 Å². The number of nitrogens with zero attached hydrogens (tertiary/aromatic N) is 1. The number of rotatable bonds is 9. The quantitative estimate of drug-likeness (QED) is 0.299. The molecule has 0 saturated carbocycles. The highest BCUT2D eigenvalue weighted by molar-refractivity contribution is 7.75. The van der Waals surface area contributed by atoms with E-state index >= 15 is 0 Å². The standard InChI is InChI=1S/C16H23N2O7P/c1-10(2)24-26(21,25-11(3)4)15(14(17)19)18-23-16(20)12-6-8-13(22-5)9-7-12/h6-11H,1-5H3,(H2,17,19)/b18-15-. The summed E-state index contributed by atoms with van der Waals surface area (Å²) in [5.41, 5.74) is 4.58. The largest absolute Gasteiger partial charge is 0.497 e. The van der Waals surface area contributed by atoms with E-state index in [0.29, 0.717) is 5.75 Å². The number of nitrogens with two attached hydrogens (primary N) is 1. The molecule has 1 aromatic rings. The Morgan fingerprint density at radius 2 is 1.54 bits per heavy atom. The Bertz CT molecular complexity index is 700. The summed E-state index contributed by atoms with van der Waals surface area (Å²) >= 11 is 0. The number of oxime groups is 1. The maximum absolute atomic E-state index is 12.9. The minimum Gasteiger partial charge on any atom is -0.497 e. The molecule has 0 heterocycles. The zero-order valence-electron chi connectivity index (χ0n) is 15.3. The van der Waals surface area contributed by atoms with Crippen molar-refractivity contribution in [3.05, 3.63) is 29.8 Å². The third kappa shape index (κ3) is 6.25. The van der Waals surface area contributed by atoms with Gasteiger partial charge in [0.2, 0.25) is 0 Å². The van der Waals surface area contributed by atoms with Gasteiger partial charge in [-0.15, -0.1) is 0 Å². The normalized spacial score (nSPS) is 12.3. The van der Waals surface area contributed by atoms with Crippen molar-refractivity contribution in [3.8, 4) is 5.75 Å². The first kappa shape index (κ1) is 21.8. The predicted molar refractivity (Wildman–Crippen MR) is 95.1 cm³/mol. The lowest BCUT2D eigenvalue weighted by Crippen LogP contribution is -2.27. The molecule has 0 unspecified atom stereocenters. The van der Waals surface area contributed by atoms with Gasteiger partial charge in [-0.05, 0) is 52.0 Å². The number of carbonyl (C=O) groups excluding carboxylic acids is 2. The van der Waals surface area contributed by atoms with Crippen LogP contribution in [0.2, 0.25) is 0 Å². The van der Waals surface area contributed by atoms with Crippen molar-refractivity contribution in [2.45, 2.75) is 39.9 Å². The van der Waals surface area contributed by atoms with Crippen LogP contribution in [0.15, 0.2) is 29.4 Å². The molecule has 0 atom stereocenters. The lowest BCUT2D eigenvalue weighted by atomic mass is 10.2. The second kappa shape index (κ2) is 9.47. The van der Waals surface area contributed by atoms with Crippen LogP contribution < -0.4 is 10.5 Å². The second-order valence-corrected chi connectivity index (χ2v) is 7.53. The van der Waals surface area contributed by atoms with Gasteiger partial charge in [-0.2, -0.15) is 0 Å². The number of primary amides is 1. The first-order valence-electron chi connectivity index (χ1n) is 7.79. The van der Waals surface area contributed by atoms with Crippen LogP contribution in [0.3, 0.4) is 0 Å². The average Bonchev–Trinajstić information content (AvgIpc) is 2.52. The fourth-order valence-corrected chi connectivity index (χ4v) is 3.54. The molecule has 1 rings (SSSR count). The van der Waals surface area contributed by atoms with Gasteiger partial charge in [0.15, 0.2) is 0 Å². The summed E-state index contributed by atoms with van der Waals surface area (Å²) in [7, 11) is -2.70. The molecule has 0 spiro atoms. The van der Waals surface area contributed by atoms with Crippen molar-refractivity contribution in [2.75, 3.05) is 7.11 Å². The van der Waals surface area contributed by atoms with Crippen molar-refractivity contribution in [2.24, 2.45) is 10.9 Å². The molecule has 0 radical (unpaired) electrons. The maximum Gasteiger partial charge on any atom is 0.389 e. The molecule has 9 nitrogen and oxygen atoms in total. The molecule has 2 N–H and O–H groups in total. The summed E-state index contributed by atoms with van der Waals surface area (Å²) in [5.74, 6) is -1.52. The van der Waals surface area contributed by atoms with E-state index in [4.69, 9.17) is 24.4 Å². The van der Waals surface area contributed by atoms with Crippen LogP contribution in [0.5, 0.6) is 5.75 Å². The number of methoxy groups -OCH3 is 1. The first-order valence-corrected chi connectivity index (χ1v) is 9.34. The molecule has 26 heavy (non-hydrogen) atoms. The third-order valence-corrected chi connectivity index (χ3v) is 4.94. The van der Waals surface area contributed by atoms with Crippen LogP contribution in [0.1, 0.15) is 38.1 Å². The fourth-order valence-electron chi connectivity index (χ4n) is 1.77. The molecular formula is C16H23N2O7P. The topological polar surface area (TPSA) is 127 Å². The summed E-state index contributed by atoms with van der Waals surface area (Å²) in [4.78, 5) is 28.5. The Labute approximate surface area is 152 Å². The monoisotopic (exact) mass is 386 g/mol. The highest BCUT2D eigenvalue weighted by Gasteiger charge is 2.39. The van der Waals surface area contributed by atoms with E-state index in [1.54, 1.807) is 39.8 Å². The highest BCUT2D eigenvalue weighted by atomic mass is 31.2. The Kier molecular flexibility index (Phi) is 7.95. The maximum atomic E-state index is 12.9. The molecule has 0 aromatic heterocycles. The van der Waals surface area contributed by atoms with Crippen LogP contribution in [-0.2, 0) is 23.2 Å². The first-order chi connectivity index (χ1) is 12.1. The number of hydrogen-bond donors (Lipinski definition) is 1. The Hall–Kier alpha value is -2.22. The summed E-state index contributed by atoms with van der Waals surface area (Å²) in [6.45, 7) is 6.38. The van der Waals surface area contributed by atoms with Gasteiger partial charge in [0.1, 0.15) is 5.75 Å². The van der Waals surface area contributed by atoms with Gasteiger partial charge < -0.3 is 24.4 Å². The van der Waals surface area contributed by atoms with E-state index in [0.717, 1.165) is 0 Å². The predicted octanol–water partition coefficient (Wildman–Crippen LogP) is 2.69. The summed E-state index contributed by atoms with van der Waals surface area (Å²) < 4.78 is 28.4. The second-order valence-electron chi connectivity index (χ2n) is 5.69. The lowest BCUT2D eigenvalue weighted by molar-refractivity contribution is -0.111. The fraction of sp³-hybridized carbons (Fsp3) is 0.438. The van der Waals surface area contributed by atoms with Crippen LogP contribution in [0.25, 0.3) is 0 Å². The zero-order chi connectivity index (χ0) is 19.9. The van der Waals surface area contributed by atoms with Crippen molar-refractivity contribution in [1.29, 1.82) is 0 Å². The minimum atomic E-state index is -4.18. The third-order valence-electron chi connectivity index (χ3n) is 2.72. The Morgan fingerprint density at radius 1 is 1.04 bits per heavy atom. The molecule has 0 aliphatic heterocycles. The van der Waals surface area contributed by atoms with E-state index in [2.05, 4.69) is 5.16 Å². The van der Waals surface area contributed by atoms with Gasteiger partial charge in [0.25, 0.3) is 11.4 Å². The van der Waals surface area contributed by atoms with E-state index in [9.17, 15) is 14.2 Å². The molecule has 0 aliphatic rings. The van der Waals surface area contributed by atoms with Crippen molar-refractivity contribution in [1.82, 2.24) is 0 Å². The number of hydrogen-bond acceptors (Lipinski definition) is 8. The van der Waals surface area contributed by atoms with Crippen LogP contribution >= 0.6 is 7.60 Å². The smallest absolute Gasteiger partial charge is 0.389 e. The number of ether oxygens (including phenoxy) is 1. The Morgan fingerprint density at radius 3 is 1.92 bits per heavy atom. The van der Waals surface area contributed by atoms with E-state index < -0.39 is 37.1 Å². The van der Waals surface area contributed by atoms with Crippen molar-refractivity contribution >= 4 is 24.9 Å². The zero-order valence-corrected chi connectivity index (χ0v) is 16.2. The lowest BCUT2D eigenvalue weighted by Gasteiger charge is -2.21. The number of benzene rings is 1. The average molecular weight is 386 g/mol. The molecule has 10 heteroatoms.